The van der Waals surface area contributed by atoms with E-state index in [0.29, 0.717) is 19.5 Å². The Morgan fingerprint density at radius 3 is 2.72 bits per heavy atom. The zero-order valence-electron chi connectivity index (χ0n) is 14.1. The van der Waals surface area contributed by atoms with Crippen molar-refractivity contribution in [2.75, 3.05) is 11.9 Å². The summed E-state index contributed by atoms with van der Waals surface area (Å²) in [5.41, 5.74) is 4.14. The third-order valence-corrected chi connectivity index (χ3v) is 4.81. The van der Waals surface area contributed by atoms with Crippen molar-refractivity contribution in [3.05, 3.63) is 59.2 Å². The molecule has 5 nitrogen and oxygen atoms in total. The van der Waals surface area contributed by atoms with Crippen molar-refractivity contribution in [1.82, 2.24) is 4.90 Å². The first-order valence-electron chi connectivity index (χ1n) is 8.53. The number of hydrogen-bond donors (Lipinski definition) is 1. The van der Waals surface area contributed by atoms with E-state index < -0.39 is 6.10 Å². The van der Waals surface area contributed by atoms with Gasteiger partial charge in [0.1, 0.15) is 5.75 Å². The van der Waals surface area contributed by atoms with Gasteiger partial charge in [0.05, 0.1) is 0 Å². The number of benzene rings is 2. The zero-order chi connectivity index (χ0) is 17.4. The molecule has 0 aliphatic carbocycles. The van der Waals surface area contributed by atoms with Crippen molar-refractivity contribution >= 4 is 17.5 Å². The minimum absolute atomic E-state index is 0.0341. The molecule has 1 unspecified atom stereocenters. The molecule has 1 atom stereocenters. The Labute approximate surface area is 146 Å². The highest BCUT2D eigenvalue weighted by Crippen LogP contribution is 2.31. The van der Waals surface area contributed by atoms with Crippen molar-refractivity contribution in [1.29, 1.82) is 0 Å². The number of amides is 2. The highest BCUT2D eigenvalue weighted by molar-refractivity contribution is 5.90. The Kier molecular flexibility index (Phi) is 3.92. The molecule has 2 aliphatic heterocycles. The topological polar surface area (TPSA) is 58.6 Å². The van der Waals surface area contributed by atoms with Crippen molar-refractivity contribution in [3.8, 4) is 5.75 Å². The third-order valence-electron chi connectivity index (χ3n) is 4.81. The molecule has 5 heteroatoms. The molecule has 2 aromatic rings. The van der Waals surface area contributed by atoms with Gasteiger partial charge in [-0.1, -0.05) is 30.3 Å². The number of nitrogens with one attached hydrogen (secondary N) is 1. The van der Waals surface area contributed by atoms with Gasteiger partial charge in [0.25, 0.3) is 5.91 Å². The number of rotatable bonds is 2. The van der Waals surface area contributed by atoms with Gasteiger partial charge in [-0.3, -0.25) is 9.59 Å². The van der Waals surface area contributed by atoms with Gasteiger partial charge in [-0.05, 0) is 35.2 Å². The molecular weight excluding hydrogens is 316 g/mol. The molecule has 2 aliphatic rings. The minimum Gasteiger partial charge on any atom is -0.480 e. The molecule has 1 N–H and O–H groups in total. The molecule has 0 radical (unpaired) electrons. The molecule has 0 saturated carbocycles. The lowest BCUT2D eigenvalue weighted by molar-refractivity contribution is -0.138. The fourth-order valence-electron chi connectivity index (χ4n) is 3.63. The first-order valence-corrected chi connectivity index (χ1v) is 8.53. The smallest absolute Gasteiger partial charge is 0.264 e. The van der Waals surface area contributed by atoms with Gasteiger partial charge in [-0.2, -0.15) is 0 Å². The molecular formula is C20H20N2O3. The molecule has 25 heavy (non-hydrogen) atoms. The van der Waals surface area contributed by atoms with Crippen molar-refractivity contribution in [2.45, 2.75) is 32.4 Å². The first-order chi connectivity index (χ1) is 12.1. The number of fused-ring (bicyclic) bond motifs is 2. The van der Waals surface area contributed by atoms with Crippen LogP contribution < -0.4 is 10.1 Å². The molecule has 2 amide bonds. The Balaban J connectivity index is 1.50. The molecule has 0 aromatic heterocycles. The van der Waals surface area contributed by atoms with Crippen LogP contribution >= 0.6 is 0 Å². The van der Waals surface area contributed by atoms with Crippen LogP contribution in [0.1, 0.15) is 23.6 Å². The lowest BCUT2D eigenvalue weighted by atomic mass is 9.97. The standard InChI is InChI=1S/C20H20N2O3/c1-13(23)21-17-7-4-6-15-12-22(10-9-16(15)17)20(24)19-11-14-5-2-3-8-18(14)25-19/h2-8,19H,9-12H2,1H3,(H,21,23). The summed E-state index contributed by atoms with van der Waals surface area (Å²) in [7, 11) is 0. The summed E-state index contributed by atoms with van der Waals surface area (Å²) in [4.78, 5) is 26.1. The molecule has 2 aromatic carbocycles. The SMILES string of the molecule is CC(=O)Nc1cccc2c1CCN(C(=O)C1Cc3ccccc3O1)C2. The van der Waals surface area contributed by atoms with E-state index in [1.807, 2.05) is 47.4 Å². The molecule has 2 heterocycles. The molecule has 0 spiro atoms. The van der Waals surface area contributed by atoms with E-state index in [4.69, 9.17) is 4.74 Å². The van der Waals surface area contributed by atoms with Crippen LogP contribution in [-0.4, -0.2) is 29.4 Å². The molecule has 0 bridgehead atoms. The van der Waals surface area contributed by atoms with E-state index in [9.17, 15) is 9.59 Å². The number of anilines is 1. The van der Waals surface area contributed by atoms with Gasteiger partial charge < -0.3 is 15.0 Å². The van der Waals surface area contributed by atoms with E-state index in [1.165, 1.54) is 6.92 Å². The van der Waals surface area contributed by atoms with Crippen LogP contribution in [0.15, 0.2) is 42.5 Å². The summed E-state index contributed by atoms with van der Waals surface area (Å²) in [5, 5.41) is 2.88. The number of para-hydroxylation sites is 1. The second-order valence-electron chi connectivity index (χ2n) is 6.55. The largest absolute Gasteiger partial charge is 0.480 e. The maximum absolute atomic E-state index is 12.9. The Bertz CT molecular complexity index is 822. The van der Waals surface area contributed by atoms with Crippen LogP contribution in [0.2, 0.25) is 0 Å². The lowest BCUT2D eigenvalue weighted by Gasteiger charge is -2.31. The second kappa shape index (κ2) is 6.24. The van der Waals surface area contributed by atoms with Crippen LogP contribution in [0.25, 0.3) is 0 Å². The second-order valence-corrected chi connectivity index (χ2v) is 6.55. The van der Waals surface area contributed by atoms with Crippen molar-refractivity contribution in [3.63, 3.8) is 0 Å². The first kappa shape index (κ1) is 15.7. The number of carbonyl (C=O) groups is 2. The molecule has 0 fully saturated rings. The van der Waals surface area contributed by atoms with Gasteiger partial charge in [-0.25, -0.2) is 0 Å². The van der Waals surface area contributed by atoms with E-state index in [0.717, 1.165) is 34.5 Å². The Morgan fingerprint density at radius 1 is 1.12 bits per heavy atom. The summed E-state index contributed by atoms with van der Waals surface area (Å²) in [6.45, 7) is 2.70. The van der Waals surface area contributed by atoms with Crippen LogP contribution in [-0.2, 0) is 29.0 Å². The van der Waals surface area contributed by atoms with Crippen LogP contribution in [0, 0.1) is 0 Å². The average Bonchev–Trinajstić information content (AvgIpc) is 3.04. The Morgan fingerprint density at radius 2 is 1.92 bits per heavy atom. The lowest BCUT2D eigenvalue weighted by Crippen LogP contribution is -2.44. The van der Waals surface area contributed by atoms with Crippen LogP contribution in [0.5, 0.6) is 5.75 Å². The summed E-state index contributed by atoms with van der Waals surface area (Å²) in [5.74, 6) is 0.766. The molecule has 0 saturated heterocycles. The summed E-state index contributed by atoms with van der Waals surface area (Å²) < 4.78 is 5.84. The average molecular weight is 336 g/mol. The molecule has 128 valence electrons. The normalized spacial score (nSPS) is 18.1. The summed E-state index contributed by atoms with van der Waals surface area (Å²) in [6.07, 6.45) is 0.930. The van der Waals surface area contributed by atoms with Crippen molar-refractivity contribution in [2.24, 2.45) is 0 Å². The highest BCUT2D eigenvalue weighted by Gasteiger charge is 2.33. The van der Waals surface area contributed by atoms with Gasteiger partial charge in [0, 0.05) is 32.1 Å². The minimum atomic E-state index is -0.433. The monoisotopic (exact) mass is 336 g/mol. The third kappa shape index (κ3) is 2.97. The maximum atomic E-state index is 12.9. The number of ether oxygens (including phenoxy) is 1. The van der Waals surface area contributed by atoms with E-state index >= 15 is 0 Å². The quantitative estimate of drug-likeness (QED) is 0.917. The van der Waals surface area contributed by atoms with E-state index in [2.05, 4.69) is 5.32 Å². The van der Waals surface area contributed by atoms with Gasteiger partial charge in [0.15, 0.2) is 6.10 Å². The number of nitrogens with zero attached hydrogens (tertiary/aromatic N) is 1. The summed E-state index contributed by atoms with van der Waals surface area (Å²) >= 11 is 0. The van der Waals surface area contributed by atoms with Crippen molar-refractivity contribution < 1.29 is 14.3 Å². The maximum Gasteiger partial charge on any atom is 0.264 e. The van der Waals surface area contributed by atoms with E-state index in [1.54, 1.807) is 0 Å². The fraction of sp³-hybridized carbons (Fsp3) is 0.300. The van der Waals surface area contributed by atoms with E-state index in [-0.39, 0.29) is 11.8 Å². The predicted octanol–water partition coefficient (Wildman–Crippen LogP) is 2.53. The van der Waals surface area contributed by atoms with Gasteiger partial charge in [0.2, 0.25) is 5.91 Å². The Hall–Kier alpha value is -2.82. The number of carbonyl (C=O) groups excluding carboxylic acids is 2. The summed E-state index contributed by atoms with van der Waals surface area (Å²) in [6, 6.07) is 13.7. The van der Waals surface area contributed by atoms with Crippen LogP contribution in [0.3, 0.4) is 0 Å². The fourth-order valence-corrected chi connectivity index (χ4v) is 3.63. The molecule has 4 rings (SSSR count). The predicted molar refractivity (Wildman–Crippen MR) is 94.4 cm³/mol. The van der Waals surface area contributed by atoms with Gasteiger partial charge in [-0.15, -0.1) is 0 Å². The highest BCUT2D eigenvalue weighted by atomic mass is 16.5. The van der Waals surface area contributed by atoms with Gasteiger partial charge >= 0.3 is 0 Å². The number of hydrogen-bond acceptors (Lipinski definition) is 3. The van der Waals surface area contributed by atoms with Crippen LogP contribution in [0.4, 0.5) is 5.69 Å². The zero-order valence-corrected chi connectivity index (χ0v) is 14.1.